The van der Waals surface area contributed by atoms with Gasteiger partial charge in [0.05, 0.1) is 13.2 Å². The maximum atomic E-state index is 13.2. The molecular weight excluding hydrogens is 1020 g/mol. The van der Waals surface area contributed by atoms with Gasteiger partial charge in [0.2, 0.25) is 23.6 Å². The Morgan fingerprint density at radius 3 is 0.808 bits per heavy atom. The van der Waals surface area contributed by atoms with E-state index in [0.29, 0.717) is 98.0 Å². The second-order valence-corrected chi connectivity index (χ2v) is 18.1. The Balaban J connectivity index is 5.04. The molecule has 0 radical (unpaired) electrons. The van der Waals surface area contributed by atoms with E-state index in [-0.39, 0.29) is 102 Å². The number of rotatable bonds is 42. The molecule has 0 rings (SSSR count). The number of nitrogens with one attached hydrogen (secondary N) is 12. The lowest BCUT2D eigenvalue weighted by Crippen LogP contribution is -2.43. The second-order valence-electron chi connectivity index (χ2n) is 16.5. The normalized spacial score (nSPS) is 10.4. The third kappa shape index (κ3) is 43.3. The van der Waals surface area contributed by atoms with Crippen LogP contribution in [0.4, 0.5) is 9.59 Å². The fourth-order valence-electron chi connectivity index (χ4n) is 6.43. The fraction of sp³-hybridized carbons (Fsp3) is 0.783. The molecule has 420 valence electrons. The summed E-state index contributed by atoms with van der Waals surface area (Å²) in [6.45, 7) is 4.09. The molecule has 0 atom stereocenters. The highest BCUT2D eigenvalue weighted by Gasteiger charge is 2.18. The Kier molecular flexibility index (Phi) is 44.9. The van der Waals surface area contributed by atoms with Gasteiger partial charge in [0.1, 0.15) is 13.2 Å². The topological polar surface area (TPSA) is 281 Å². The molecule has 0 fully saturated rings. The van der Waals surface area contributed by atoms with Gasteiger partial charge in [-0.25, -0.2) is 9.59 Å². The SMILES string of the molecule is CNC(=S)NCCCCCC(=O)NCCN(CCNC(=O)CCCCCNC(=S)NC)C(=O)OCCOCCOC(=O)N(CCNC(=O)CCCCCNC(=S)NC)CCNC(=O)CCCCCNC(=S)NC. The van der Waals surface area contributed by atoms with Crippen molar-refractivity contribution in [2.75, 3.05) is 133 Å². The van der Waals surface area contributed by atoms with Gasteiger partial charge in [-0.3, -0.25) is 19.2 Å². The number of nitrogens with zero attached hydrogens (tertiary/aromatic N) is 2. The van der Waals surface area contributed by atoms with Crippen molar-refractivity contribution in [3.05, 3.63) is 0 Å². The van der Waals surface area contributed by atoms with E-state index in [4.69, 9.17) is 63.1 Å². The van der Waals surface area contributed by atoms with Crippen LogP contribution in [0.5, 0.6) is 0 Å². The van der Waals surface area contributed by atoms with Crippen molar-refractivity contribution in [2.24, 2.45) is 0 Å². The van der Waals surface area contributed by atoms with Crippen molar-refractivity contribution in [2.45, 2.75) is 103 Å². The van der Waals surface area contributed by atoms with Gasteiger partial charge in [0.15, 0.2) is 20.4 Å². The minimum Gasteiger partial charge on any atom is -0.447 e. The van der Waals surface area contributed by atoms with Crippen molar-refractivity contribution >= 4 is 105 Å². The van der Waals surface area contributed by atoms with Gasteiger partial charge in [-0.05, 0) is 100 Å². The van der Waals surface area contributed by atoms with E-state index >= 15 is 0 Å². The monoisotopic (exact) mass is 1110 g/mol. The van der Waals surface area contributed by atoms with Crippen molar-refractivity contribution in [3.63, 3.8) is 0 Å². The van der Waals surface area contributed by atoms with Crippen LogP contribution < -0.4 is 63.8 Å². The molecule has 0 bridgehead atoms. The number of hydrogen-bond donors (Lipinski definition) is 12. The number of hydrogen-bond acceptors (Lipinski definition) is 13. The van der Waals surface area contributed by atoms with Crippen LogP contribution in [-0.4, -0.2) is 199 Å². The van der Waals surface area contributed by atoms with Gasteiger partial charge < -0.3 is 87.8 Å². The minimum atomic E-state index is -0.641. The lowest BCUT2D eigenvalue weighted by Gasteiger charge is -2.23. The average Bonchev–Trinajstić information content (AvgIpc) is 3.38. The zero-order valence-electron chi connectivity index (χ0n) is 43.8. The van der Waals surface area contributed by atoms with Crippen LogP contribution >= 0.6 is 48.9 Å². The fourth-order valence-corrected chi connectivity index (χ4v) is 6.84. The number of carbonyl (C=O) groups excluding carboxylic acids is 6. The van der Waals surface area contributed by atoms with E-state index in [0.717, 1.165) is 51.4 Å². The maximum Gasteiger partial charge on any atom is 0.409 e. The first-order chi connectivity index (χ1) is 35.3. The van der Waals surface area contributed by atoms with E-state index in [1.807, 2.05) is 0 Å². The van der Waals surface area contributed by atoms with E-state index in [9.17, 15) is 28.8 Å². The predicted octanol–water partition coefficient (Wildman–Crippen LogP) is 0.962. The van der Waals surface area contributed by atoms with Gasteiger partial charge in [0.25, 0.3) is 0 Å². The Bertz CT molecular complexity index is 1410. The van der Waals surface area contributed by atoms with Crippen LogP contribution in [0.3, 0.4) is 0 Å². The highest BCUT2D eigenvalue weighted by Crippen LogP contribution is 2.03. The second kappa shape index (κ2) is 48.1. The molecule has 73 heavy (non-hydrogen) atoms. The van der Waals surface area contributed by atoms with E-state index in [1.165, 1.54) is 9.80 Å². The Morgan fingerprint density at radius 2 is 0.575 bits per heavy atom. The summed E-state index contributed by atoms with van der Waals surface area (Å²) in [4.78, 5) is 79.2. The molecule has 0 heterocycles. The van der Waals surface area contributed by atoms with E-state index in [2.05, 4.69) is 63.8 Å². The van der Waals surface area contributed by atoms with Crippen LogP contribution in [0.25, 0.3) is 0 Å². The molecule has 0 unspecified atom stereocenters. The summed E-state index contributed by atoms with van der Waals surface area (Å²) < 4.78 is 16.5. The minimum absolute atomic E-state index is 0.0126. The van der Waals surface area contributed by atoms with Crippen molar-refractivity contribution < 1.29 is 43.0 Å². The summed E-state index contributed by atoms with van der Waals surface area (Å²) in [5.41, 5.74) is 0. The zero-order chi connectivity index (χ0) is 54.2. The number of unbranched alkanes of at least 4 members (excludes halogenated alkanes) is 8. The maximum absolute atomic E-state index is 13.2. The molecule has 0 aromatic heterocycles. The zero-order valence-corrected chi connectivity index (χ0v) is 47.1. The molecule has 27 heteroatoms. The molecule has 0 saturated carbocycles. The standard InChI is InChI=1S/C46H88N14O9S4/c1-47-41(70)55-21-13-5-9-17-37(61)51-25-29-59(30-26-52-38(62)18-10-6-14-22-56-42(71)48-2)45(65)68-35-33-67-34-36-69-46(66)60(31-27-53-39(63)19-11-7-15-23-57-43(72)49-3)32-28-54-40(64)20-12-8-16-24-58-44(73)50-4/h5-36H2,1-4H3,(H,51,61)(H,52,62)(H,53,63)(H,54,64)(H2,47,55,70)(H2,48,56,71)(H2,49,57,72)(H2,50,58,73). The van der Waals surface area contributed by atoms with Gasteiger partial charge in [0, 0.05) is 132 Å². The van der Waals surface area contributed by atoms with E-state index < -0.39 is 12.2 Å². The number of carbonyl (C=O) groups is 6. The van der Waals surface area contributed by atoms with Gasteiger partial charge >= 0.3 is 12.2 Å². The largest absolute Gasteiger partial charge is 0.447 e. The molecule has 0 aliphatic carbocycles. The Hall–Kier alpha value is -4.86. The first kappa shape index (κ1) is 68.1. The molecular formula is C46H88N14O9S4. The van der Waals surface area contributed by atoms with Gasteiger partial charge in [-0.15, -0.1) is 0 Å². The van der Waals surface area contributed by atoms with Crippen LogP contribution in [-0.2, 0) is 33.4 Å². The molecule has 23 nitrogen and oxygen atoms in total. The lowest BCUT2D eigenvalue weighted by atomic mass is 10.2. The van der Waals surface area contributed by atoms with Crippen molar-refractivity contribution in [3.8, 4) is 0 Å². The summed E-state index contributed by atoms with van der Waals surface area (Å²) in [6, 6.07) is 0. The molecule has 12 N–H and O–H groups in total. The summed E-state index contributed by atoms with van der Waals surface area (Å²) in [5, 5.41) is 37.5. The lowest BCUT2D eigenvalue weighted by molar-refractivity contribution is -0.122. The first-order valence-corrected chi connectivity index (χ1v) is 27.2. The smallest absolute Gasteiger partial charge is 0.409 e. The Labute approximate surface area is 455 Å². The van der Waals surface area contributed by atoms with Gasteiger partial charge in [-0.2, -0.15) is 0 Å². The van der Waals surface area contributed by atoms with Crippen LogP contribution in [0.2, 0.25) is 0 Å². The van der Waals surface area contributed by atoms with E-state index in [1.54, 1.807) is 28.2 Å². The molecule has 0 aromatic rings. The van der Waals surface area contributed by atoms with Gasteiger partial charge in [-0.1, -0.05) is 25.7 Å². The molecule has 6 amide bonds. The third-order valence-corrected chi connectivity index (χ3v) is 12.0. The molecule has 0 aliphatic heterocycles. The van der Waals surface area contributed by atoms with Crippen LogP contribution in [0.15, 0.2) is 0 Å². The molecule has 0 saturated heterocycles. The summed E-state index contributed by atoms with van der Waals surface area (Å²) in [6.07, 6.45) is 9.76. The first-order valence-electron chi connectivity index (χ1n) is 25.6. The summed E-state index contributed by atoms with van der Waals surface area (Å²) in [5.74, 6) is -0.521. The summed E-state index contributed by atoms with van der Waals surface area (Å²) in [7, 11) is 7.00. The number of thiocarbonyl (C=S) groups is 4. The van der Waals surface area contributed by atoms with Crippen LogP contribution in [0, 0.1) is 0 Å². The molecule has 0 spiro atoms. The highest BCUT2D eigenvalue weighted by molar-refractivity contribution is 7.80. The summed E-state index contributed by atoms with van der Waals surface area (Å²) >= 11 is 20.3. The highest BCUT2D eigenvalue weighted by atomic mass is 32.1. The predicted molar refractivity (Wildman–Crippen MR) is 301 cm³/mol. The number of amides is 6. The van der Waals surface area contributed by atoms with Crippen molar-refractivity contribution in [1.82, 2.24) is 73.6 Å². The third-order valence-electron chi connectivity index (χ3n) is 10.6. The molecule has 0 aromatic carbocycles. The average molecular weight is 1110 g/mol. The van der Waals surface area contributed by atoms with Crippen LogP contribution in [0.1, 0.15) is 103 Å². The Morgan fingerprint density at radius 1 is 0.329 bits per heavy atom. The number of ether oxygens (including phenoxy) is 3. The van der Waals surface area contributed by atoms with Crippen molar-refractivity contribution in [1.29, 1.82) is 0 Å². The quantitative estimate of drug-likeness (QED) is 0.0300. The molecule has 0 aliphatic rings.